The molecule has 0 radical (unpaired) electrons. The monoisotopic (exact) mass is 133 g/mol. The molecule has 0 amide bonds. The van der Waals surface area contributed by atoms with Crippen molar-refractivity contribution in [1.29, 1.82) is 0 Å². The van der Waals surface area contributed by atoms with Gasteiger partial charge in [0.2, 0.25) is 0 Å². The molecule has 0 N–H and O–H groups in total. The van der Waals surface area contributed by atoms with E-state index in [2.05, 4.69) is 18.2 Å². The van der Waals surface area contributed by atoms with Gasteiger partial charge in [-0.05, 0) is 0 Å². The Hall–Kier alpha value is -0.525. The molecule has 2 heterocycles. The minimum atomic E-state index is 1.21. The Morgan fingerprint density at radius 3 is 2.18 bits per heavy atom. The van der Waals surface area contributed by atoms with Gasteiger partial charge in [0, 0.05) is 0 Å². The fourth-order valence-corrected chi connectivity index (χ4v) is 1.11. The SMILES string of the molecule is b1bbc(-n2cccc2)bb1. The van der Waals surface area contributed by atoms with Crippen LogP contribution in [-0.4, -0.2) is 38.2 Å². The van der Waals surface area contributed by atoms with Crippen molar-refractivity contribution >= 4 is 33.6 Å². The summed E-state index contributed by atoms with van der Waals surface area (Å²) in [5, 5.41) is 0. The molecule has 0 unspecified atom stereocenters. The second kappa shape index (κ2) is 3.25. The Morgan fingerprint density at radius 1 is 0.909 bits per heavy atom. The molecular formula is C5H4B5N. The van der Waals surface area contributed by atoms with Crippen LogP contribution in [-0.2, 0) is 0 Å². The van der Waals surface area contributed by atoms with E-state index in [1.165, 1.54) is 5.48 Å². The van der Waals surface area contributed by atoms with Crippen LogP contribution in [0, 0.1) is 0 Å². The summed E-state index contributed by atoms with van der Waals surface area (Å²) in [5.41, 5.74) is 1.21. The summed E-state index contributed by atoms with van der Waals surface area (Å²) in [7, 11) is 0. The number of aromatic nitrogens is 1. The number of hydrogen-bond donors (Lipinski definition) is 0. The van der Waals surface area contributed by atoms with E-state index in [-0.39, 0.29) is 0 Å². The molecule has 0 aliphatic heterocycles. The Morgan fingerprint density at radius 2 is 1.55 bits per heavy atom. The number of hydrogen-bond acceptors (Lipinski definition) is 0. The Bertz CT molecular complexity index is 318. The van der Waals surface area contributed by atoms with Crippen molar-refractivity contribution in [2.45, 2.75) is 0 Å². The first kappa shape index (κ1) is 7.14. The van der Waals surface area contributed by atoms with Gasteiger partial charge in [-0.15, -0.1) is 0 Å². The first-order valence-electron chi connectivity index (χ1n) is 3.65. The zero-order chi connectivity index (χ0) is 7.52. The molecule has 0 saturated heterocycles. The Labute approximate surface area is 68.8 Å². The number of nitrogens with zero attached hydrogens (tertiary/aromatic N) is 1. The molecule has 2 aromatic heterocycles. The van der Waals surface area contributed by atoms with Crippen molar-refractivity contribution < 1.29 is 0 Å². The van der Waals surface area contributed by atoms with Gasteiger partial charge in [-0.1, -0.05) is 0 Å². The van der Waals surface area contributed by atoms with Crippen molar-refractivity contribution in [1.82, 2.24) is 4.57 Å². The molecule has 0 atom stereocenters. The van der Waals surface area contributed by atoms with E-state index in [1.54, 1.807) is 0 Å². The second-order valence-corrected chi connectivity index (χ2v) is 2.43. The van der Waals surface area contributed by atoms with E-state index in [4.69, 9.17) is 0 Å². The fourth-order valence-electron chi connectivity index (χ4n) is 1.11. The van der Waals surface area contributed by atoms with Gasteiger partial charge in [-0.2, -0.15) is 0 Å². The van der Waals surface area contributed by atoms with Crippen molar-refractivity contribution in [2.24, 2.45) is 0 Å². The summed E-state index contributed by atoms with van der Waals surface area (Å²) in [6.07, 6.45) is 4.07. The van der Waals surface area contributed by atoms with E-state index >= 15 is 0 Å². The third kappa shape index (κ3) is 1.55. The van der Waals surface area contributed by atoms with Crippen LogP contribution in [0.3, 0.4) is 0 Å². The summed E-state index contributed by atoms with van der Waals surface area (Å²) in [5.74, 6) is 0. The van der Waals surface area contributed by atoms with E-state index in [0.29, 0.717) is 0 Å². The maximum atomic E-state index is 2.08. The van der Waals surface area contributed by atoms with Gasteiger partial charge >= 0.3 is 68.2 Å². The Balaban J connectivity index is 2.46. The van der Waals surface area contributed by atoms with Crippen LogP contribution in [0.2, 0.25) is 0 Å². The van der Waals surface area contributed by atoms with Gasteiger partial charge in [-0.3, -0.25) is 0 Å². The number of rotatable bonds is 1. The third-order valence-electron chi connectivity index (χ3n) is 1.66. The van der Waals surface area contributed by atoms with Crippen LogP contribution in [0.4, 0.5) is 0 Å². The molecule has 0 aromatic carbocycles. The molecule has 0 bridgehead atoms. The average molecular weight is 132 g/mol. The topological polar surface area (TPSA) is 4.93 Å². The zero-order valence-corrected chi connectivity index (χ0v) is 6.14. The van der Waals surface area contributed by atoms with Crippen LogP contribution >= 0.6 is 0 Å². The molecule has 0 spiro atoms. The molecule has 2 aromatic rings. The van der Waals surface area contributed by atoms with Gasteiger partial charge in [0.15, 0.2) is 0 Å². The Kier molecular flexibility index (Phi) is 2.11. The first-order valence-corrected chi connectivity index (χ1v) is 3.65. The molecule has 11 heavy (non-hydrogen) atoms. The molecule has 0 fully saturated rings. The molecule has 0 aliphatic rings. The summed E-state index contributed by atoms with van der Waals surface area (Å²) in [6, 6.07) is 4.04. The van der Waals surface area contributed by atoms with E-state index in [0.717, 1.165) is 0 Å². The molecule has 0 saturated carbocycles. The van der Waals surface area contributed by atoms with Crippen molar-refractivity contribution in [3.8, 4) is 5.48 Å². The van der Waals surface area contributed by atoms with Crippen LogP contribution in [0.25, 0.3) is 5.48 Å². The van der Waals surface area contributed by atoms with Gasteiger partial charge in [-0.25, -0.2) is 0 Å². The molecule has 44 valence electrons. The summed E-state index contributed by atoms with van der Waals surface area (Å²) < 4.78 is 2.08. The molecule has 6 heteroatoms. The average Bonchev–Trinajstić information content (AvgIpc) is 2.58. The molecule has 1 nitrogen and oxygen atoms in total. The van der Waals surface area contributed by atoms with Crippen molar-refractivity contribution in [2.75, 3.05) is 0 Å². The summed E-state index contributed by atoms with van der Waals surface area (Å²) in [4.78, 5) is 0. The maximum absolute atomic E-state index is 2.08. The van der Waals surface area contributed by atoms with Crippen LogP contribution in [0.5, 0.6) is 0 Å². The van der Waals surface area contributed by atoms with Crippen LogP contribution in [0.15, 0.2) is 24.5 Å². The minimum absolute atomic E-state index is 1.21. The van der Waals surface area contributed by atoms with Crippen molar-refractivity contribution in [3.05, 3.63) is 24.5 Å². The van der Waals surface area contributed by atoms with E-state index < -0.39 is 0 Å². The molecule has 0 aliphatic carbocycles. The standard InChI is InChI=1S/C5H4B5N/c1-2-4-11(3-1)5-6-8-10-9-7-5/h1-4H. The molecular weight excluding hydrogens is 128 g/mol. The predicted molar refractivity (Wildman–Crippen MR) is 52.5 cm³/mol. The van der Waals surface area contributed by atoms with Crippen LogP contribution < -0.4 is 0 Å². The van der Waals surface area contributed by atoms with Crippen LogP contribution in [0.1, 0.15) is 0 Å². The summed E-state index contributed by atoms with van der Waals surface area (Å²) >= 11 is 0. The predicted octanol–water partition coefficient (Wildman–Crippen LogP) is -0.832. The van der Waals surface area contributed by atoms with E-state index in [9.17, 15) is 0 Å². The van der Waals surface area contributed by atoms with Crippen molar-refractivity contribution in [3.63, 3.8) is 0 Å². The quantitative estimate of drug-likeness (QED) is 0.477. The van der Waals surface area contributed by atoms with Gasteiger partial charge in [0.1, 0.15) is 0 Å². The fraction of sp³-hybridized carbons (Fsp3) is 0. The van der Waals surface area contributed by atoms with Gasteiger partial charge in [0.05, 0.1) is 0 Å². The first-order chi connectivity index (χ1) is 5.47. The normalized spacial score (nSPS) is 8.00. The van der Waals surface area contributed by atoms with Gasteiger partial charge in [0.25, 0.3) is 0 Å². The summed E-state index contributed by atoms with van der Waals surface area (Å²) in [6.45, 7) is 10.3. The molecule has 2 rings (SSSR count). The second-order valence-electron chi connectivity index (χ2n) is 2.43. The van der Waals surface area contributed by atoms with E-state index in [1.807, 2.05) is 44.6 Å². The van der Waals surface area contributed by atoms with Gasteiger partial charge < -0.3 is 0 Å². The third-order valence-corrected chi connectivity index (χ3v) is 1.66. The zero-order valence-electron chi connectivity index (χ0n) is 6.14.